The van der Waals surface area contributed by atoms with Crippen molar-refractivity contribution in [3.63, 3.8) is 0 Å². The van der Waals surface area contributed by atoms with E-state index in [1.54, 1.807) is 30.3 Å². The number of hydrogen-bond acceptors (Lipinski definition) is 5. The first-order valence-electron chi connectivity index (χ1n) is 6.76. The molecule has 0 saturated heterocycles. The molecule has 22 heavy (non-hydrogen) atoms. The van der Waals surface area contributed by atoms with E-state index < -0.39 is 21.5 Å². The monoisotopic (exact) mass is 322 g/mol. The molecule has 1 amide bonds. The molecule has 0 unspecified atom stereocenters. The fraction of sp³-hybridized carbons (Fsp3) is 0.267. The van der Waals surface area contributed by atoms with E-state index in [0.29, 0.717) is 17.9 Å². The van der Waals surface area contributed by atoms with E-state index in [1.807, 2.05) is 6.07 Å². The van der Waals surface area contributed by atoms with E-state index in [9.17, 15) is 13.2 Å². The molecule has 1 heterocycles. The molecule has 0 atom stereocenters. The average Bonchev–Trinajstić information content (AvgIpc) is 2.97. The third-order valence-electron chi connectivity index (χ3n) is 3.00. The van der Waals surface area contributed by atoms with Gasteiger partial charge in [-0.1, -0.05) is 24.3 Å². The molecule has 6 nitrogen and oxygen atoms in total. The number of carbonyl (C=O) groups excluding carboxylic acids is 1. The Balaban J connectivity index is 1.90. The van der Waals surface area contributed by atoms with Crippen LogP contribution < -0.4 is 11.1 Å². The Hall–Kier alpha value is -2.12. The zero-order valence-electron chi connectivity index (χ0n) is 12.0. The van der Waals surface area contributed by atoms with Crippen molar-refractivity contribution >= 4 is 15.7 Å². The predicted octanol–water partition coefficient (Wildman–Crippen LogP) is 0.969. The van der Waals surface area contributed by atoms with Gasteiger partial charge in [0.05, 0.1) is 18.6 Å². The minimum atomic E-state index is -3.53. The topological polar surface area (TPSA) is 102 Å². The Kier molecular flexibility index (Phi) is 5.35. The van der Waals surface area contributed by atoms with Gasteiger partial charge in [0.1, 0.15) is 11.5 Å². The van der Waals surface area contributed by atoms with Gasteiger partial charge in [0.2, 0.25) is 5.91 Å². The van der Waals surface area contributed by atoms with Gasteiger partial charge in [-0.05, 0) is 23.3 Å². The van der Waals surface area contributed by atoms with Crippen LogP contribution in [0.5, 0.6) is 0 Å². The summed E-state index contributed by atoms with van der Waals surface area (Å²) >= 11 is 0. The summed E-state index contributed by atoms with van der Waals surface area (Å²) in [5.41, 5.74) is 7.01. The summed E-state index contributed by atoms with van der Waals surface area (Å²) in [5.74, 6) is -0.719. The number of rotatable bonds is 7. The standard InChI is InChI=1S/C15H18N2O4S/c16-8-12-3-1-4-13(7-12)10-22(19,20)11-15(18)17-9-14-5-2-6-21-14/h1-7H,8-11,16H2,(H,17,18). The summed E-state index contributed by atoms with van der Waals surface area (Å²) in [4.78, 5) is 11.7. The Morgan fingerprint density at radius 3 is 2.64 bits per heavy atom. The second-order valence-corrected chi connectivity index (χ2v) is 6.98. The van der Waals surface area contributed by atoms with Crippen molar-refractivity contribution < 1.29 is 17.6 Å². The van der Waals surface area contributed by atoms with Gasteiger partial charge in [0.25, 0.3) is 0 Å². The molecule has 0 aliphatic rings. The largest absolute Gasteiger partial charge is 0.467 e. The van der Waals surface area contributed by atoms with Crippen LogP contribution in [-0.2, 0) is 33.5 Å². The normalized spacial score (nSPS) is 11.3. The van der Waals surface area contributed by atoms with E-state index in [1.165, 1.54) is 6.26 Å². The van der Waals surface area contributed by atoms with Crippen molar-refractivity contribution in [2.45, 2.75) is 18.8 Å². The van der Waals surface area contributed by atoms with Gasteiger partial charge >= 0.3 is 0 Å². The van der Waals surface area contributed by atoms with E-state index in [0.717, 1.165) is 5.56 Å². The maximum atomic E-state index is 12.1. The zero-order chi connectivity index (χ0) is 16.0. The average molecular weight is 322 g/mol. The lowest BCUT2D eigenvalue weighted by Crippen LogP contribution is -2.30. The van der Waals surface area contributed by atoms with Crippen LogP contribution in [0.3, 0.4) is 0 Å². The van der Waals surface area contributed by atoms with E-state index in [4.69, 9.17) is 10.2 Å². The van der Waals surface area contributed by atoms with Crippen LogP contribution in [0.1, 0.15) is 16.9 Å². The van der Waals surface area contributed by atoms with Gasteiger partial charge in [-0.15, -0.1) is 0 Å². The second kappa shape index (κ2) is 7.24. The highest BCUT2D eigenvalue weighted by Gasteiger charge is 2.17. The number of sulfone groups is 1. The molecule has 0 spiro atoms. The molecule has 0 radical (unpaired) electrons. The van der Waals surface area contributed by atoms with E-state index in [-0.39, 0.29) is 12.3 Å². The van der Waals surface area contributed by atoms with Crippen LogP contribution in [-0.4, -0.2) is 20.1 Å². The first kappa shape index (κ1) is 16.3. The number of carbonyl (C=O) groups is 1. The maximum Gasteiger partial charge on any atom is 0.235 e. The van der Waals surface area contributed by atoms with Crippen molar-refractivity contribution in [1.82, 2.24) is 5.32 Å². The number of benzene rings is 1. The van der Waals surface area contributed by atoms with E-state index >= 15 is 0 Å². The summed E-state index contributed by atoms with van der Waals surface area (Å²) in [6, 6.07) is 10.4. The van der Waals surface area contributed by atoms with E-state index in [2.05, 4.69) is 5.32 Å². The lowest BCUT2D eigenvalue weighted by atomic mass is 10.1. The molecule has 1 aromatic heterocycles. The summed E-state index contributed by atoms with van der Waals surface area (Å²) in [6.07, 6.45) is 1.49. The smallest absolute Gasteiger partial charge is 0.235 e. The van der Waals surface area contributed by atoms with Crippen molar-refractivity contribution in [3.8, 4) is 0 Å². The molecule has 1 aromatic carbocycles. The number of nitrogens with two attached hydrogens (primary N) is 1. The molecule has 0 saturated carbocycles. The molecule has 0 bridgehead atoms. The van der Waals surface area contributed by atoms with Gasteiger partial charge in [-0.3, -0.25) is 4.79 Å². The SMILES string of the molecule is NCc1cccc(CS(=O)(=O)CC(=O)NCc2ccco2)c1. The Labute approximate surface area is 129 Å². The fourth-order valence-electron chi connectivity index (χ4n) is 2.00. The number of nitrogens with one attached hydrogen (secondary N) is 1. The molecular weight excluding hydrogens is 304 g/mol. The van der Waals surface area contributed by atoms with Crippen LogP contribution in [0.15, 0.2) is 47.1 Å². The van der Waals surface area contributed by atoms with Crippen LogP contribution in [0.2, 0.25) is 0 Å². The molecule has 2 rings (SSSR count). The van der Waals surface area contributed by atoms with Crippen LogP contribution in [0.4, 0.5) is 0 Å². The molecule has 0 aliphatic carbocycles. The molecule has 118 valence electrons. The van der Waals surface area contributed by atoms with Crippen LogP contribution >= 0.6 is 0 Å². The second-order valence-electron chi connectivity index (χ2n) is 4.91. The third-order valence-corrected chi connectivity index (χ3v) is 4.48. The van der Waals surface area contributed by atoms with Crippen molar-refractivity contribution in [3.05, 3.63) is 59.5 Å². The van der Waals surface area contributed by atoms with Crippen molar-refractivity contribution in [2.24, 2.45) is 5.73 Å². The van der Waals surface area contributed by atoms with Gasteiger partial charge in [0.15, 0.2) is 9.84 Å². The zero-order valence-corrected chi connectivity index (χ0v) is 12.8. The highest BCUT2D eigenvalue weighted by Crippen LogP contribution is 2.09. The van der Waals surface area contributed by atoms with Gasteiger partial charge < -0.3 is 15.5 Å². The Morgan fingerprint density at radius 1 is 1.18 bits per heavy atom. The Bertz CT molecular complexity index is 724. The summed E-state index contributed by atoms with van der Waals surface area (Å²) in [6.45, 7) is 0.515. The molecule has 3 N–H and O–H groups in total. The lowest BCUT2D eigenvalue weighted by Gasteiger charge is -2.06. The first-order valence-corrected chi connectivity index (χ1v) is 8.58. The number of amides is 1. The minimum absolute atomic E-state index is 0.171. The quantitative estimate of drug-likeness (QED) is 0.791. The summed E-state index contributed by atoms with van der Waals surface area (Å²) in [5, 5.41) is 2.52. The highest BCUT2D eigenvalue weighted by molar-refractivity contribution is 7.91. The van der Waals surface area contributed by atoms with Crippen molar-refractivity contribution in [2.75, 3.05) is 5.75 Å². The van der Waals surface area contributed by atoms with Gasteiger partial charge in [-0.2, -0.15) is 0 Å². The van der Waals surface area contributed by atoms with Crippen molar-refractivity contribution in [1.29, 1.82) is 0 Å². The molecular formula is C15H18N2O4S. The Morgan fingerprint density at radius 2 is 1.95 bits per heavy atom. The fourth-order valence-corrected chi connectivity index (χ4v) is 3.29. The molecule has 7 heteroatoms. The molecule has 0 fully saturated rings. The number of hydrogen-bond donors (Lipinski definition) is 2. The summed E-state index contributed by atoms with van der Waals surface area (Å²) in [7, 11) is -3.53. The third kappa shape index (κ3) is 5.01. The number of furan rings is 1. The highest BCUT2D eigenvalue weighted by atomic mass is 32.2. The van der Waals surface area contributed by atoms with Gasteiger partial charge in [-0.25, -0.2) is 8.42 Å². The predicted molar refractivity (Wildman–Crippen MR) is 82.4 cm³/mol. The van der Waals surface area contributed by atoms with Crippen LogP contribution in [0, 0.1) is 0 Å². The first-order chi connectivity index (χ1) is 10.5. The lowest BCUT2D eigenvalue weighted by molar-refractivity contribution is -0.118. The van der Waals surface area contributed by atoms with Gasteiger partial charge in [0, 0.05) is 6.54 Å². The molecule has 0 aliphatic heterocycles. The summed E-state index contributed by atoms with van der Waals surface area (Å²) < 4.78 is 29.2. The molecule has 2 aromatic rings. The maximum absolute atomic E-state index is 12.1. The van der Waals surface area contributed by atoms with Crippen LogP contribution in [0.25, 0.3) is 0 Å². The minimum Gasteiger partial charge on any atom is -0.467 e.